The summed E-state index contributed by atoms with van der Waals surface area (Å²) in [7, 11) is 3.22. The standard InChI is InChI=1S/C26H20O4/c1-27-23-12-10-21(17-25(23)28-2)8-6-19-4-3-5-20(16-19)7-9-22-11-13-24-26(18-22)30-15-14-29-24/h3-5,10-13,16-18H,14-15H2,1-2H3. The third kappa shape index (κ3) is 4.51. The zero-order chi connectivity index (χ0) is 20.8. The number of rotatable bonds is 2. The maximum atomic E-state index is 5.61. The van der Waals surface area contributed by atoms with Crippen LogP contribution in [-0.4, -0.2) is 27.4 Å². The Bertz CT molecular complexity index is 1120. The number of ether oxygens (including phenoxy) is 4. The summed E-state index contributed by atoms with van der Waals surface area (Å²) in [4.78, 5) is 0. The van der Waals surface area contributed by atoms with Crippen molar-refractivity contribution in [3.63, 3.8) is 0 Å². The van der Waals surface area contributed by atoms with E-state index in [0.717, 1.165) is 33.8 Å². The maximum absolute atomic E-state index is 5.61. The second-order valence-corrected chi connectivity index (χ2v) is 6.51. The van der Waals surface area contributed by atoms with Gasteiger partial charge < -0.3 is 18.9 Å². The highest BCUT2D eigenvalue weighted by Crippen LogP contribution is 2.30. The topological polar surface area (TPSA) is 36.9 Å². The van der Waals surface area contributed by atoms with E-state index in [1.54, 1.807) is 14.2 Å². The molecular formula is C26H20O4. The number of hydrogen-bond acceptors (Lipinski definition) is 4. The largest absolute Gasteiger partial charge is 0.493 e. The SMILES string of the molecule is COc1ccc(C#Cc2cccc(C#Cc3ccc4c(c3)OCCO4)c2)cc1OC. The van der Waals surface area contributed by atoms with Gasteiger partial charge in [-0.1, -0.05) is 29.7 Å². The van der Waals surface area contributed by atoms with Crippen molar-refractivity contribution >= 4 is 0 Å². The lowest BCUT2D eigenvalue weighted by molar-refractivity contribution is 0.171. The molecule has 3 aromatic carbocycles. The molecule has 0 aliphatic carbocycles. The average molecular weight is 396 g/mol. The van der Waals surface area contributed by atoms with Gasteiger partial charge in [-0.3, -0.25) is 0 Å². The summed E-state index contributed by atoms with van der Waals surface area (Å²) >= 11 is 0. The smallest absolute Gasteiger partial charge is 0.162 e. The minimum absolute atomic E-state index is 0.560. The fourth-order valence-electron chi connectivity index (χ4n) is 3.00. The Morgan fingerprint density at radius 2 is 1.17 bits per heavy atom. The van der Waals surface area contributed by atoms with E-state index in [9.17, 15) is 0 Å². The van der Waals surface area contributed by atoms with Gasteiger partial charge in [0.1, 0.15) is 13.2 Å². The summed E-state index contributed by atoms with van der Waals surface area (Å²) in [5.74, 6) is 15.5. The predicted molar refractivity (Wildman–Crippen MR) is 115 cm³/mol. The maximum Gasteiger partial charge on any atom is 0.162 e. The first-order valence-electron chi connectivity index (χ1n) is 9.51. The van der Waals surface area contributed by atoms with Crippen molar-refractivity contribution in [1.82, 2.24) is 0 Å². The average Bonchev–Trinajstić information content (AvgIpc) is 2.81. The van der Waals surface area contributed by atoms with E-state index in [4.69, 9.17) is 18.9 Å². The summed E-state index contributed by atoms with van der Waals surface area (Å²) in [5, 5.41) is 0. The highest BCUT2D eigenvalue weighted by molar-refractivity contribution is 5.54. The molecule has 0 bridgehead atoms. The van der Waals surface area contributed by atoms with Gasteiger partial charge in [0, 0.05) is 22.3 Å². The molecule has 1 aliphatic rings. The van der Waals surface area contributed by atoms with Crippen molar-refractivity contribution < 1.29 is 18.9 Å². The van der Waals surface area contributed by atoms with Gasteiger partial charge in [0.05, 0.1) is 14.2 Å². The molecule has 0 radical (unpaired) electrons. The summed E-state index contributed by atoms with van der Waals surface area (Å²) in [6, 6.07) is 19.2. The van der Waals surface area contributed by atoms with Crippen LogP contribution < -0.4 is 18.9 Å². The third-order valence-corrected chi connectivity index (χ3v) is 4.49. The molecule has 1 aliphatic heterocycles. The first-order valence-corrected chi connectivity index (χ1v) is 9.51. The van der Waals surface area contributed by atoms with Crippen LogP contribution in [-0.2, 0) is 0 Å². The highest BCUT2D eigenvalue weighted by Gasteiger charge is 2.10. The molecule has 4 nitrogen and oxygen atoms in total. The minimum atomic E-state index is 0.560. The Kier molecular flexibility index (Phi) is 5.78. The Morgan fingerprint density at radius 3 is 1.83 bits per heavy atom. The molecule has 0 spiro atoms. The van der Waals surface area contributed by atoms with Crippen LogP contribution in [0, 0.1) is 23.7 Å². The normalized spacial score (nSPS) is 11.4. The van der Waals surface area contributed by atoms with Crippen LogP contribution in [0.3, 0.4) is 0 Å². The summed E-state index contributed by atoms with van der Waals surface area (Å²) in [6.07, 6.45) is 0. The first-order chi connectivity index (χ1) is 14.7. The third-order valence-electron chi connectivity index (χ3n) is 4.49. The Hall–Kier alpha value is -4.02. The summed E-state index contributed by atoms with van der Waals surface area (Å²) < 4.78 is 21.7. The molecule has 0 N–H and O–H groups in total. The second kappa shape index (κ2) is 8.99. The van der Waals surface area contributed by atoms with E-state index in [0.29, 0.717) is 24.7 Å². The number of methoxy groups -OCH3 is 2. The summed E-state index contributed by atoms with van der Waals surface area (Å²) in [5.41, 5.74) is 3.50. The van der Waals surface area contributed by atoms with Gasteiger partial charge in [0.25, 0.3) is 0 Å². The molecule has 0 amide bonds. The molecule has 0 atom stereocenters. The van der Waals surface area contributed by atoms with Gasteiger partial charge in [-0.05, 0) is 54.6 Å². The molecule has 30 heavy (non-hydrogen) atoms. The van der Waals surface area contributed by atoms with Gasteiger partial charge in [-0.2, -0.15) is 0 Å². The van der Waals surface area contributed by atoms with Crippen LogP contribution in [0.25, 0.3) is 0 Å². The summed E-state index contributed by atoms with van der Waals surface area (Å²) in [6.45, 7) is 1.14. The predicted octanol–water partition coefficient (Wildman–Crippen LogP) is 4.27. The molecule has 3 aromatic rings. The highest BCUT2D eigenvalue weighted by atomic mass is 16.6. The van der Waals surface area contributed by atoms with Crippen LogP contribution in [0.4, 0.5) is 0 Å². The molecule has 4 heteroatoms. The lowest BCUT2D eigenvalue weighted by Gasteiger charge is -2.17. The minimum Gasteiger partial charge on any atom is -0.493 e. The van der Waals surface area contributed by atoms with Crippen LogP contribution in [0.15, 0.2) is 60.7 Å². The monoisotopic (exact) mass is 396 g/mol. The molecule has 148 valence electrons. The van der Waals surface area contributed by atoms with Crippen molar-refractivity contribution in [2.45, 2.75) is 0 Å². The van der Waals surface area contributed by atoms with E-state index in [2.05, 4.69) is 23.7 Å². The molecule has 0 saturated carbocycles. The van der Waals surface area contributed by atoms with Crippen molar-refractivity contribution in [3.05, 3.63) is 82.9 Å². The van der Waals surface area contributed by atoms with Crippen LogP contribution in [0.1, 0.15) is 22.3 Å². The molecule has 1 heterocycles. The molecular weight excluding hydrogens is 376 g/mol. The van der Waals surface area contributed by atoms with Gasteiger partial charge >= 0.3 is 0 Å². The van der Waals surface area contributed by atoms with Gasteiger partial charge in [0.2, 0.25) is 0 Å². The quantitative estimate of drug-likeness (QED) is 0.606. The zero-order valence-corrected chi connectivity index (χ0v) is 16.8. The molecule has 4 rings (SSSR count). The molecule has 0 saturated heterocycles. The molecule has 0 unspecified atom stereocenters. The van der Waals surface area contributed by atoms with E-state index >= 15 is 0 Å². The van der Waals surface area contributed by atoms with Crippen LogP contribution >= 0.6 is 0 Å². The van der Waals surface area contributed by atoms with Gasteiger partial charge in [-0.15, -0.1) is 0 Å². The Balaban J connectivity index is 1.54. The van der Waals surface area contributed by atoms with Crippen molar-refractivity contribution in [1.29, 1.82) is 0 Å². The van der Waals surface area contributed by atoms with E-state index < -0.39 is 0 Å². The van der Waals surface area contributed by atoms with Crippen molar-refractivity contribution in [3.8, 4) is 46.7 Å². The number of hydrogen-bond donors (Lipinski definition) is 0. The Morgan fingerprint density at radius 1 is 0.600 bits per heavy atom. The van der Waals surface area contributed by atoms with Crippen molar-refractivity contribution in [2.24, 2.45) is 0 Å². The van der Waals surface area contributed by atoms with Crippen LogP contribution in [0.5, 0.6) is 23.0 Å². The lowest BCUT2D eigenvalue weighted by atomic mass is 10.1. The lowest BCUT2D eigenvalue weighted by Crippen LogP contribution is -2.15. The fourth-order valence-corrected chi connectivity index (χ4v) is 3.00. The second-order valence-electron chi connectivity index (χ2n) is 6.51. The fraction of sp³-hybridized carbons (Fsp3) is 0.154. The van der Waals surface area contributed by atoms with Crippen LogP contribution in [0.2, 0.25) is 0 Å². The van der Waals surface area contributed by atoms with Gasteiger partial charge in [0.15, 0.2) is 23.0 Å². The first kappa shape index (κ1) is 19.3. The van der Waals surface area contributed by atoms with Gasteiger partial charge in [-0.25, -0.2) is 0 Å². The number of fused-ring (bicyclic) bond motifs is 1. The molecule has 0 aromatic heterocycles. The number of benzene rings is 3. The molecule has 0 fully saturated rings. The van der Waals surface area contributed by atoms with E-state index in [-0.39, 0.29) is 0 Å². The zero-order valence-electron chi connectivity index (χ0n) is 16.8. The van der Waals surface area contributed by atoms with Crippen molar-refractivity contribution in [2.75, 3.05) is 27.4 Å². The van der Waals surface area contributed by atoms with E-state index in [1.807, 2.05) is 60.7 Å². The Labute approximate surface area is 176 Å². The van der Waals surface area contributed by atoms with E-state index in [1.165, 1.54) is 0 Å².